The number of halogens is 1. The predicted octanol–water partition coefficient (Wildman–Crippen LogP) is 4.56. The van der Waals surface area contributed by atoms with Crippen LogP contribution < -0.4 is 5.32 Å². The van der Waals surface area contributed by atoms with E-state index in [0.29, 0.717) is 11.0 Å². The summed E-state index contributed by atoms with van der Waals surface area (Å²) < 4.78 is 0.562. The molecule has 0 bridgehead atoms. The number of thiazole rings is 1. The average Bonchev–Trinajstić information content (AvgIpc) is 2.81. The molecule has 0 aliphatic carbocycles. The highest BCUT2D eigenvalue weighted by Gasteiger charge is 2.05. The van der Waals surface area contributed by atoms with E-state index in [4.69, 9.17) is 16.9 Å². The highest BCUT2D eigenvalue weighted by Crippen LogP contribution is 2.25. The van der Waals surface area contributed by atoms with Crippen LogP contribution in [0.3, 0.4) is 0 Å². The Morgan fingerprint density at radius 1 is 1.40 bits per heavy atom. The molecule has 0 aliphatic heterocycles. The molecule has 1 aromatic carbocycles. The van der Waals surface area contributed by atoms with Crippen molar-refractivity contribution in [2.45, 2.75) is 20.4 Å². The lowest BCUT2D eigenvalue weighted by Crippen LogP contribution is -2.02. The molecule has 2 aromatic rings. The molecule has 1 heterocycles. The third kappa shape index (κ3) is 3.60. The summed E-state index contributed by atoms with van der Waals surface area (Å²) in [5.41, 5.74) is 4.45. The molecule has 0 saturated carbocycles. The zero-order valence-electron chi connectivity index (χ0n) is 11.3. The van der Waals surface area contributed by atoms with E-state index in [-0.39, 0.29) is 0 Å². The summed E-state index contributed by atoms with van der Waals surface area (Å²) in [6.45, 7) is 4.82. The van der Waals surface area contributed by atoms with Gasteiger partial charge in [-0.2, -0.15) is 5.26 Å². The zero-order valence-corrected chi connectivity index (χ0v) is 12.8. The van der Waals surface area contributed by atoms with Gasteiger partial charge in [0.25, 0.3) is 0 Å². The molecule has 1 N–H and O–H groups in total. The van der Waals surface area contributed by atoms with Crippen molar-refractivity contribution >= 4 is 34.7 Å². The maximum atomic E-state index is 8.57. The van der Waals surface area contributed by atoms with Crippen LogP contribution in [0.2, 0.25) is 4.47 Å². The van der Waals surface area contributed by atoms with Crippen molar-refractivity contribution in [2.75, 3.05) is 5.32 Å². The first-order valence-electron chi connectivity index (χ1n) is 6.11. The summed E-state index contributed by atoms with van der Waals surface area (Å²) in [5.74, 6) is 0. The number of rotatable bonds is 4. The van der Waals surface area contributed by atoms with Gasteiger partial charge in [0.1, 0.15) is 0 Å². The van der Waals surface area contributed by atoms with Crippen LogP contribution in [0.5, 0.6) is 0 Å². The second kappa shape index (κ2) is 6.56. The smallest absolute Gasteiger partial charge is 0.183 e. The van der Waals surface area contributed by atoms with E-state index in [1.807, 2.05) is 12.1 Å². The van der Waals surface area contributed by atoms with Crippen LogP contribution in [0.25, 0.3) is 6.08 Å². The number of hydrogen-bond acceptors (Lipinski definition) is 4. The fourth-order valence-electron chi connectivity index (χ4n) is 2.05. The van der Waals surface area contributed by atoms with Crippen molar-refractivity contribution in [2.24, 2.45) is 0 Å². The fraction of sp³-hybridized carbons (Fsp3) is 0.200. The van der Waals surface area contributed by atoms with Gasteiger partial charge in [-0.1, -0.05) is 11.6 Å². The molecule has 1 aromatic heterocycles. The van der Waals surface area contributed by atoms with Gasteiger partial charge in [-0.15, -0.1) is 11.3 Å². The second-order valence-corrected chi connectivity index (χ2v) is 6.12. The van der Waals surface area contributed by atoms with Crippen LogP contribution in [0.15, 0.2) is 24.4 Å². The lowest BCUT2D eigenvalue weighted by atomic mass is 10.0. The minimum absolute atomic E-state index is 0.562. The van der Waals surface area contributed by atoms with E-state index in [0.717, 1.165) is 27.3 Å². The highest BCUT2D eigenvalue weighted by molar-refractivity contribution is 7.15. The van der Waals surface area contributed by atoms with Crippen molar-refractivity contribution in [3.8, 4) is 6.07 Å². The molecule has 3 nitrogen and oxygen atoms in total. The van der Waals surface area contributed by atoms with E-state index >= 15 is 0 Å². The molecule has 0 unspecified atom stereocenters. The van der Waals surface area contributed by atoms with Crippen LogP contribution >= 0.6 is 22.9 Å². The van der Waals surface area contributed by atoms with Gasteiger partial charge >= 0.3 is 0 Å². The van der Waals surface area contributed by atoms with E-state index in [9.17, 15) is 0 Å². The fourth-order valence-corrected chi connectivity index (χ4v) is 2.96. The Balaban J connectivity index is 2.16. The Labute approximate surface area is 127 Å². The SMILES string of the molecule is Cc1cc(C=CC#N)cc(C)c1NCc1cnc(Cl)s1. The van der Waals surface area contributed by atoms with Crippen LogP contribution in [0.1, 0.15) is 21.6 Å². The van der Waals surface area contributed by atoms with Gasteiger partial charge in [0, 0.05) is 22.8 Å². The summed E-state index contributed by atoms with van der Waals surface area (Å²) in [7, 11) is 0. The number of anilines is 1. The largest absolute Gasteiger partial charge is 0.380 e. The number of nitrogens with zero attached hydrogens (tertiary/aromatic N) is 2. The minimum Gasteiger partial charge on any atom is -0.380 e. The number of nitriles is 1. The van der Waals surface area contributed by atoms with Gasteiger partial charge < -0.3 is 5.32 Å². The van der Waals surface area contributed by atoms with E-state index < -0.39 is 0 Å². The third-order valence-corrected chi connectivity index (χ3v) is 3.98. The number of nitrogens with one attached hydrogen (secondary N) is 1. The topological polar surface area (TPSA) is 48.7 Å². The third-order valence-electron chi connectivity index (χ3n) is 2.87. The Kier molecular flexibility index (Phi) is 4.78. The molecule has 0 amide bonds. The first-order valence-corrected chi connectivity index (χ1v) is 7.31. The van der Waals surface area contributed by atoms with Crippen LogP contribution in [-0.2, 0) is 6.54 Å². The van der Waals surface area contributed by atoms with E-state index in [1.54, 1.807) is 6.20 Å². The quantitative estimate of drug-likeness (QED) is 0.842. The Bertz CT molecular complexity index is 660. The molecular weight excluding hydrogens is 290 g/mol. The number of aryl methyl sites for hydroxylation is 2. The van der Waals surface area contributed by atoms with Crippen molar-refractivity contribution in [3.05, 3.63) is 50.4 Å². The summed E-state index contributed by atoms with van der Waals surface area (Å²) in [6.07, 6.45) is 5.09. The molecule has 0 aliphatic rings. The minimum atomic E-state index is 0.562. The molecule has 20 heavy (non-hydrogen) atoms. The van der Waals surface area contributed by atoms with Crippen LogP contribution in [0.4, 0.5) is 5.69 Å². The number of hydrogen-bond donors (Lipinski definition) is 1. The number of benzene rings is 1. The van der Waals surface area contributed by atoms with Crippen LogP contribution in [0, 0.1) is 25.2 Å². The molecule has 0 saturated heterocycles. The molecular formula is C15H14ClN3S. The first-order chi connectivity index (χ1) is 9.60. The lowest BCUT2D eigenvalue weighted by Gasteiger charge is -2.13. The molecule has 102 valence electrons. The Morgan fingerprint density at radius 3 is 2.65 bits per heavy atom. The van der Waals surface area contributed by atoms with Gasteiger partial charge in [0.2, 0.25) is 0 Å². The summed E-state index contributed by atoms with van der Waals surface area (Å²) in [6, 6.07) is 6.12. The molecule has 5 heteroatoms. The van der Waals surface area contributed by atoms with Gasteiger partial charge in [0.15, 0.2) is 4.47 Å². The van der Waals surface area contributed by atoms with Crippen molar-refractivity contribution < 1.29 is 0 Å². The van der Waals surface area contributed by atoms with Gasteiger partial charge in [-0.05, 0) is 48.7 Å². The Hall–Kier alpha value is -1.83. The van der Waals surface area contributed by atoms with Crippen molar-refractivity contribution in [3.63, 3.8) is 0 Å². The lowest BCUT2D eigenvalue weighted by molar-refractivity contribution is 1.15. The van der Waals surface area contributed by atoms with Gasteiger partial charge in [-0.3, -0.25) is 0 Å². The standard InChI is InChI=1S/C15H14ClN3S/c1-10-6-12(4-3-5-17)7-11(2)14(10)18-8-13-9-19-15(16)20-13/h3-4,6-7,9,18H,8H2,1-2H3. The summed E-state index contributed by atoms with van der Waals surface area (Å²) in [5, 5.41) is 12.0. The second-order valence-electron chi connectivity index (χ2n) is 4.43. The van der Waals surface area contributed by atoms with E-state index in [2.05, 4.69) is 36.3 Å². The van der Waals surface area contributed by atoms with E-state index in [1.165, 1.54) is 17.4 Å². The van der Waals surface area contributed by atoms with Gasteiger partial charge in [0.05, 0.1) is 12.6 Å². The summed E-state index contributed by atoms with van der Waals surface area (Å²) >= 11 is 7.30. The maximum Gasteiger partial charge on any atom is 0.183 e. The molecule has 2 rings (SSSR count). The molecule has 0 radical (unpaired) electrons. The van der Waals surface area contributed by atoms with Crippen molar-refractivity contribution in [1.82, 2.24) is 4.98 Å². The number of aromatic nitrogens is 1. The average molecular weight is 304 g/mol. The first kappa shape index (κ1) is 14.6. The summed E-state index contributed by atoms with van der Waals surface area (Å²) in [4.78, 5) is 5.13. The maximum absolute atomic E-state index is 8.57. The van der Waals surface area contributed by atoms with Crippen molar-refractivity contribution in [1.29, 1.82) is 5.26 Å². The molecule has 0 atom stereocenters. The highest BCUT2D eigenvalue weighted by atomic mass is 35.5. The normalized spacial score (nSPS) is 10.7. The number of allylic oxidation sites excluding steroid dienone is 1. The van der Waals surface area contributed by atoms with Crippen LogP contribution in [-0.4, -0.2) is 4.98 Å². The Morgan fingerprint density at radius 2 is 2.10 bits per heavy atom. The van der Waals surface area contributed by atoms with Gasteiger partial charge in [-0.25, -0.2) is 4.98 Å². The molecule has 0 spiro atoms. The molecule has 0 fully saturated rings. The zero-order chi connectivity index (χ0) is 14.5. The predicted molar refractivity (Wildman–Crippen MR) is 85.0 cm³/mol. The monoisotopic (exact) mass is 303 g/mol.